The lowest BCUT2D eigenvalue weighted by molar-refractivity contribution is -0.122. The van der Waals surface area contributed by atoms with E-state index in [0.717, 1.165) is 28.0 Å². The van der Waals surface area contributed by atoms with Crippen molar-refractivity contribution in [2.75, 3.05) is 23.4 Å². The number of aromatic nitrogens is 1. The van der Waals surface area contributed by atoms with Crippen molar-refractivity contribution in [1.29, 1.82) is 0 Å². The second kappa shape index (κ2) is 12.3. The van der Waals surface area contributed by atoms with E-state index in [-0.39, 0.29) is 18.1 Å². The second-order valence-electron chi connectivity index (χ2n) is 9.91. The van der Waals surface area contributed by atoms with Gasteiger partial charge in [-0.1, -0.05) is 52.9 Å². The van der Waals surface area contributed by atoms with E-state index < -0.39 is 40.8 Å². The van der Waals surface area contributed by atoms with Crippen molar-refractivity contribution >= 4 is 69.8 Å². The van der Waals surface area contributed by atoms with Crippen molar-refractivity contribution in [1.82, 2.24) is 4.98 Å². The van der Waals surface area contributed by atoms with E-state index >= 15 is 0 Å². The topological polar surface area (TPSA) is 135 Å². The zero-order valence-electron chi connectivity index (χ0n) is 23.1. The number of imide groups is 1. The third-order valence-electron chi connectivity index (χ3n) is 7.20. The normalized spacial score (nSPS) is 18.9. The summed E-state index contributed by atoms with van der Waals surface area (Å²) < 4.78 is 11.0. The lowest BCUT2D eigenvalue weighted by Gasteiger charge is -2.30. The van der Waals surface area contributed by atoms with Crippen molar-refractivity contribution < 1.29 is 28.7 Å². The smallest absolute Gasteiger partial charge is 0.338 e. The highest BCUT2D eigenvalue weighted by molar-refractivity contribution is 8.00. The highest BCUT2D eigenvalue weighted by Crippen LogP contribution is 2.54. The van der Waals surface area contributed by atoms with E-state index in [1.165, 1.54) is 24.3 Å². The van der Waals surface area contributed by atoms with Gasteiger partial charge < -0.3 is 19.8 Å². The number of thioether (sulfide) groups is 1. The summed E-state index contributed by atoms with van der Waals surface area (Å²) in [6.07, 6.45) is 0. The number of thiazole rings is 1. The standard InChI is InChI=1S/C31H24ClN3O7S2/c1-2-41-30(39)16-7-13-19(14-8-16)35-28(37)24-23(25-27(34-31(40)44-25)43-26(24)29(35)38)20-5-3-4-6-21(20)42-15-22(36)33-18-11-9-17(32)10-12-18/h3-14,23-24,26H,2,15H2,1H3,(H,33,36)(H,34,40). The first-order chi connectivity index (χ1) is 21.2. The Morgan fingerprint density at radius 3 is 2.43 bits per heavy atom. The van der Waals surface area contributed by atoms with Crippen LogP contribution in [0.25, 0.3) is 0 Å². The number of nitrogens with zero attached hydrogens (tertiary/aromatic N) is 1. The molecule has 1 fully saturated rings. The van der Waals surface area contributed by atoms with Crippen LogP contribution < -0.4 is 19.8 Å². The molecule has 13 heteroatoms. The van der Waals surface area contributed by atoms with Crippen molar-refractivity contribution in [3.05, 3.63) is 103 Å². The molecular weight excluding hydrogens is 626 g/mol. The molecular formula is C31H24ClN3O7S2. The average Bonchev–Trinajstić information content (AvgIpc) is 3.51. The summed E-state index contributed by atoms with van der Waals surface area (Å²) in [5.41, 5.74) is 1.74. The molecule has 2 aliphatic rings. The van der Waals surface area contributed by atoms with Crippen LogP contribution in [-0.2, 0) is 19.1 Å². The maximum atomic E-state index is 14.1. The number of esters is 1. The molecule has 0 aliphatic carbocycles. The maximum absolute atomic E-state index is 14.1. The molecule has 3 atom stereocenters. The zero-order valence-corrected chi connectivity index (χ0v) is 25.5. The van der Waals surface area contributed by atoms with Crippen molar-refractivity contribution in [3.63, 3.8) is 0 Å². The summed E-state index contributed by atoms with van der Waals surface area (Å²) in [5, 5.41) is 2.98. The SMILES string of the molecule is CCOC(=O)c1ccc(N2C(=O)C3Sc4[nH]c(=O)sc4C(c4ccccc4OCC(=O)Nc4ccc(Cl)cc4)C3C2=O)cc1. The summed E-state index contributed by atoms with van der Waals surface area (Å²) >= 11 is 8.05. The number of hydrogen-bond donors (Lipinski definition) is 2. The first-order valence-electron chi connectivity index (χ1n) is 13.6. The lowest BCUT2D eigenvalue weighted by atomic mass is 9.82. The highest BCUT2D eigenvalue weighted by atomic mass is 35.5. The predicted molar refractivity (Wildman–Crippen MR) is 167 cm³/mol. The number of para-hydroxylation sites is 1. The molecule has 224 valence electrons. The molecule has 1 aromatic heterocycles. The summed E-state index contributed by atoms with van der Waals surface area (Å²) in [7, 11) is 0. The van der Waals surface area contributed by atoms with Crippen LogP contribution in [0.1, 0.15) is 33.6 Å². The Labute approximate surface area is 264 Å². The molecule has 3 amide bonds. The number of halogens is 1. The minimum absolute atomic E-state index is 0.218. The number of carbonyl (C=O) groups excluding carboxylic acids is 4. The lowest BCUT2D eigenvalue weighted by Crippen LogP contribution is -2.32. The fraction of sp³-hybridized carbons (Fsp3) is 0.194. The van der Waals surface area contributed by atoms with Gasteiger partial charge in [0.25, 0.3) is 5.91 Å². The highest BCUT2D eigenvalue weighted by Gasteiger charge is 2.56. The number of aromatic amines is 1. The van der Waals surface area contributed by atoms with Crippen LogP contribution in [0.2, 0.25) is 5.02 Å². The molecule has 10 nitrogen and oxygen atoms in total. The van der Waals surface area contributed by atoms with Crippen molar-refractivity contribution in [2.45, 2.75) is 23.1 Å². The summed E-state index contributed by atoms with van der Waals surface area (Å²) in [5.74, 6) is -3.00. The van der Waals surface area contributed by atoms with Gasteiger partial charge in [-0.15, -0.1) is 0 Å². The summed E-state index contributed by atoms with van der Waals surface area (Å²) in [6, 6.07) is 19.7. The van der Waals surface area contributed by atoms with Gasteiger partial charge in [0.15, 0.2) is 6.61 Å². The first kappa shape index (κ1) is 29.7. The molecule has 4 aromatic rings. The minimum atomic E-state index is -0.858. The number of fused-ring (bicyclic) bond motifs is 2. The zero-order chi connectivity index (χ0) is 31.0. The Morgan fingerprint density at radius 1 is 0.977 bits per heavy atom. The quantitative estimate of drug-likeness (QED) is 0.199. The van der Waals surface area contributed by atoms with E-state index in [1.807, 2.05) is 0 Å². The number of benzene rings is 3. The molecule has 1 saturated heterocycles. The Balaban J connectivity index is 1.31. The van der Waals surface area contributed by atoms with E-state index in [0.29, 0.717) is 43.2 Å². The van der Waals surface area contributed by atoms with Crippen LogP contribution in [0.3, 0.4) is 0 Å². The molecule has 3 unspecified atom stereocenters. The molecule has 2 aliphatic heterocycles. The molecule has 0 radical (unpaired) electrons. The van der Waals surface area contributed by atoms with E-state index in [4.69, 9.17) is 21.1 Å². The van der Waals surface area contributed by atoms with Crippen LogP contribution in [0, 0.1) is 5.92 Å². The largest absolute Gasteiger partial charge is 0.483 e. The van der Waals surface area contributed by atoms with Gasteiger partial charge in [-0.3, -0.25) is 19.2 Å². The fourth-order valence-electron chi connectivity index (χ4n) is 5.31. The third-order valence-corrected chi connectivity index (χ3v) is 9.85. The number of carbonyl (C=O) groups is 4. The Hall–Kier alpha value is -4.39. The van der Waals surface area contributed by atoms with E-state index in [1.54, 1.807) is 55.5 Å². The molecule has 0 bridgehead atoms. The number of rotatable bonds is 8. The van der Waals surface area contributed by atoms with E-state index in [9.17, 15) is 24.0 Å². The Bertz CT molecular complexity index is 1820. The molecule has 3 heterocycles. The molecule has 44 heavy (non-hydrogen) atoms. The third kappa shape index (κ3) is 5.63. The average molecular weight is 650 g/mol. The molecule has 3 aromatic carbocycles. The number of nitrogens with one attached hydrogen (secondary N) is 2. The van der Waals surface area contributed by atoms with Crippen LogP contribution in [0.5, 0.6) is 5.75 Å². The maximum Gasteiger partial charge on any atom is 0.338 e. The van der Waals surface area contributed by atoms with Gasteiger partial charge in [0.05, 0.1) is 28.8 Å². The predicted octanol–water partition coefficient (Wildman–Crippen LogP) is 5.08. The number of amides is 3. The van der Waals surface area contributed by atoms with Crippen LogP contribution in [0.15, 0.2) is 82.6 Å². The second-order valence-corrected chi connectivity index (χ2v) is 12.5. The minimum Gasteiger partial charge on any atom is -0.483 e. The fourth-order valence-corrected chi connectivity index (χ4v) is 7.94. The Kier molecular flexibility index (Phi) is 8.30. The van der Waals surface area contributed by atoms with Gasteiger partial charge in [0.2, 0.25) is 11.8 Å². The van der Waals surface area contributed by atoms with Gasteiger partial charge in [-0.05, 0) is 61.5 Å². The number of hydrogen-bond acceptors (Lipinski definition) is 9. The van der Waals surface area contributed by atoms with Crippen LogP contribution >= 0.6 is 34.7 Å². The van der Waals surface area contributed by atoms with Crippen molar-refractivity contribution in [3.8, 4) is 5.75 Å². The van der Waals surface area contributed by atoms with E-state index in [2.05, 4.69) is 10.3 Å². The number of H-pyrrole nitrogens is 1. The van der Waals surface area contributed by atoms with Gasteiger partial charge in [-0.25, -0.2) is 9.69 Å². The Morgan fingerprint density at radius 2 is 1.70 bits per heavy atom. The van der Waals surface area contributed by atoms with Gasteiger partial charge in [0.1, 0.15) is 11.0 Å². The summed E-state index contributed by atoms with van der Waals surface area (Å²) in [6.45, 7) is 1.60. The molecule has 0 saturated carbocycles. The number of ether oxygens (including phenoxy) is 2. The van der Waals surface area contributed by atoms with Crippen LogP contribution in [0.4, 0.5) is 11.4 Å². The number of anilines is 2. The van der Waals surface area contributed by atoms with Gasteiger partial charge in [-0.2, -0.15) is 0 Å². The monoisotopic (exact) mass is 649 g/mol. The first-order valence-corrected chi connectivity index (χ1v) is 15.6. The van der Waals surface area contributed by atoms with Gasteiger partial charge in [0, 0.05) is 27.1 Å². The summed E-state index contributed by atoms with van der Waals surface area (Å²) in [4.78, 5) is 69.4. The molecule has 0 spiro atoms. The van der Waals surface area contributed by atoms with Crippen molar-refractivity contribution in [2.24, 2.45) is 5.92 Å². The molecule has 2 N–H and O–H groups in total. The molecule has 6 rings (SSSR count). The van der Waals surface area contributed by atoms with Gasteiger partial charge >= 0.3 is 10.8 Å². The van der Waals surface area contributed by atoms with Crippen LogP contribution in [-0.4, -0.2) is 47.1 Å².